The Morgan fingerprint density at radius 3 is 2.39 bits per heavy atom. The summed E-state index contributed by atoms with van der Waals surface area (Å²) in [5, 5.41) is 2.81. The van der Waals surface area contributed by atoms with Crippen LogP contribution in [0.25, 0.3) is 0 Å². The number of carbonyl (C=O) groups excluding carboxylic acids is 1. The molecular formula is C18H27N3O2. The molecule has 2 saturated heterocycles. The Kier molecular flexibility index (Phi) is 5.65. The van der Waals surface area contributed by atoms with Gasteiger partial charge in [0.15, 0.2) is 0 Å². The van der Waals surface area contributed by atoms with Crippen LogP contribution in [-0.4, -0.2) is 61.1 Å². The highest BCUT2D eigenvalue weighted by Gasteiger charge is 2.25. The number of benzene rings is 1. The number of hydrogen-bond acceptors (Lipinski definition) is 4. The van der Waals surface area contributed by atoms with E-state index in [1.54, 1.807) is 0 Å². The molecule has 1 N–H and O–H groups in total. The predicted octanol–water partition coefficient (Wildman–Crippen LogP) is 1.94. The maximum atomic E-state index is 11.0. The Bertz CT molecular complexity index is 504. The summed E-state index contributed by atoms with van der Waals surface area (Å²) in [6, 6.07) is 8.90. The summed E-state index contributed by atoms with van der Waals surface area (Å²) in [5.74, 6) is -0.0259. The Hall–Kier alpha value is -1.43. The van der Waals surface area contributed by atoms with Crippen molar-refractivity contribution in [3.8, 4) is 0 Å². The molecule has 0 aromatic heterocycles. The number of hydrogen-bond donors (Lipinski definition) is 1. The largest absolute Gasteiger partial charge is 0.381 e. The van der Waals surface area contributed by atoms with Crippen LogP contribution < -0.4 is 5.32 Å². The second-order valence-electron chi connectivity index (χ2n) is 6.53. The smallest absolute Gasteiger partial charge is 0.221 e. The lowest BCUT2D eigenvalue weighted by molar-refractivity contribution is -0.114. The summed E-state index contributed by atoms with van der Waals surface area (Å²) in [7, 11) is 0. The Labute approximate surface area is 138 Å². The summed E-state index contributed by atoms with van der Waals surface area (Å²) in [6.07, 6.45) is 2.37. The maximum absolute atomic E-state index is 11.0. The van der Waals surface area contributed by atoms with Crippen molar-refractivity contribution in [2.45, 2.75) is 32.4 Å². The Balaban J connectivity index is 1.45. The van der Waals surface area contributed by atoms with Gasteiger partial charge in [-0.15, -0.1) is 0 Å². The molecule has 5 nitrogen and oxygen atoms in total. The fraction of sp³-hybridized carbons (Fsp3) is 0.611. The minimum Gasteiger partial charge on any atom is -0.381 e. The van der Waals surface area contributed by atoms with E-state index in [1.165, 1.54) is 25.3 Å². The molecule has 5 heteroatoms. The van der Waals surface area contributed by atoms with Crippen LogP contribution in [0.4, 0.5) is 5.69 Å². The first-order valence-electron chi connectivity index (χ1n) is 8.61. The summed E-state index contributed by atoms with van der Waals surface area (Å²) in [5.41, 5.74) is 2.17. The zero-order chi connectivity index (χ0) is 16.1. The number of amides is 1. The maximum Gasteiger partial charge on any atom is 0.221 e. The molecule has 2 aliphatic heterocycles. The van der Waals surface area contributed by atoms with Crippen molar-refractivity contribution in [2.24, 2.45) is 0 Å². The molecular weight excluding hydrogens is 290 g/mol. The van der Waals surface area contributed by atoms with Gasteiger partial charge >= 0.3 is 0 Å². The van der Waals surface area contributed by atoms with Gasteiger partial charge in [-0.1, -0.05) is 12.1 Å². The van der Waals surface area contributed by atoms with Crippen LogP contribution in [0.1, 0.15) is 25.3 Å². The van der Waals surface area contributed by atoms with Crippen LogP contribution >= 0.6 is 0 Å². The average molecular weight is 317 g/mol. The van der Waals surface area contributed by atoms with Gasteiger partial charge < -0.3 is 10.1 Å². The van der Waals surface area contributed by atoms with E-state index >= 15 is 0 Å². The van der Waals surface area contributed by atoms with Gasteiger partial charge in [-0.25, -0.2) is 0 Å². The van der Waals surface area contributed by atoms with Crippen LogP contribution in [0.15, 0.2) is 24.3 Å². The van der Waals surface area contributed by atoms with E-state index in [0.29, 0.717) is 0 Å². The molecule has 0 bridgehead atoms. The van der Waals surface area contributed by atoms with Gasteiger partial charge in [0.05, 0.1) is 0 Å². The van der Waals surface area contributed by atoms with Crippen molar-refractivity contribution in [1.82, 2.24) is 9.80 Å². The van der Waals surface area contributed by atoms with Crippen LogP contribution in [-0.2, 0) is 16.1 Å². The highest BCUT2D eigenvalue weighted by molar-refractivity contribution is 5.88. The number of ether oxygens (including phenoxy) is 1. The van der Waals surface area contributed by atoms with E-state index in [1.807, 2.05) is 12.1 Å². The minimum atomic E-state index is -0.0259. The topological polar surface area (TPSA) is 44.8 Å². The van der Waals surface area contributed by atoms with E-state index in [-0.39, 0.29) is 5.91 Å². The van der Waals surface area contributed by atoms with Crippen LogP contribution in [0.3, 0.4) is 0 Å². The molecule has 1 aromatic rings. The summed E-state index contributed by atoms with van der Waals surface area (Å²) < 4.78 is 5.46. The van der Waals surface area contributed by atoms with Crippen molar-refractivity contribution in [2.75, 3.05) is 44.7 Å². The average Bonchev–Trinajstić information content (AvgIpc) is 2.58. The zero-order valence-corrected chi connectivity index (χ0v) is 14.0. The minimum absolute atomic E-state index is 0.0259. The van der Waals surface area contributed by atoms with Crippen molar-refractivity contribution in [1.29, 1.82) is 0 Å². The van der Waals surface area contributed by atoms with E-state index in [4.69, 9.17) is 4.74 Å². The number of rotatable bonds is 4. The standard InChI is InChI=1S/C18H27N3O2/c1-15(22)19-17-4-2-16(3-5-17)14-20-8-10-21(11-9-20)18-6-12-23-13-7-18/h2-5,18H,6-14H2,1H3,(H,19,22). The Morgan fingerprint density at radius 2 is 1.78 bits per heavy atom. The van der Waals surface area contributed by atoms with E-state index < -0.39 is 0 Å². The number of nitrogens with zero attached hydrogens (tertiary/aromatic N) is 2. The molecule has 0 atom stereocenters. The lowest BCUT2D eigenvalue weighted by Gasteiger charge is -2.40. The first-order valence-corrected chi connectivity index (χ1v) is 8.61. The second-order valence-corrected chi connectivity index (χ2v) is 6.53. The molecule has 0 unspecified atom stereocenters. The highest BCUT2D eigenvalue weighted by Crippen LogP contribution is 2.18. The highest BCUT2D eigenvalue weighted by atomic mass is 16.5. The SMILES string of the molecule is CC(=O)Nc1ccc(CN2CCN(C3CCOCC3)CC2)cc1. The molecule has 126 valence electrons. The molecule has 0 radical (unpaired) electrons. The number of nitrogens with one attached hydrogen (secondary N) is 1. The van der Waals surface area contributed by atoms with Gasteiger partial charge in [-0.3, -0.25) is 14.6 Å². The molecule has 0 spiro atoms. The first kappa shape index (κ1) is 16.4. The van der Waals surface area contributed by atoms with E-state index in [0.717, 1.165) is 57.7 Å². The van der Waals surface area contributed by atoms with Gasteiger partial charge in [0.2, 0.25) is 5.91 Å². The molecule has 2 fully saturated rings. The third-order valence-corrected chi connectivity index (χ3v) is 4.79. The van der Waals surface area contributed by atoms with Crippen LogP contribution in [0.5, 0.6) is 0 Å². The zero-order valence-electron chi connectivity index (χ0n) is 14.0. The molecule has 0 aliphatic carbocycles. The first-order chi connectivity index (χ1) is 11.2. The van der Waals surface area contributed by atoms with Crippen LogP contribution in [0, 0.1) is 0 Å². The third kappa shape index (κ3) is 4.77. The van der Waals surface area contributed by atoms with Gasteiger partial charge in [-0.2, -0.15) is 0 Å². The molecule has 0 saturated carbocycles. The molecule has 2 heterocycles. The number of anilines is 1. The molecule has 1 amide bonds. The normalized spacial score (nSPS) is 21.3. The number of piperazine rings is 1. The van der Waals surface area contributed by atoms with Crippen molar-refractivity contribution < 1.29 is 9.53 Å². The summed E-state index contributed by atoms with van der Waals surface area (Å²) in [6.45, 7) is 8.95. The molecule has 23 heavy (non-hydrogen) atoms. The predicted molar refractivity (Wildman–Crippen MR) is 91.4 cm³/mol. The van der Waals surface area contributed by atoms with Gasteiger partial charge in [0.1, 0.15) is 0 Å². The lowest BCUT2D eigenvalue weighted by Crippen LogP contribution is -2.51. The van der Waals surface area contributed by atoms with Gasteiger partial charge in [-0.05, 0) is 30.5 Å². The monoisotopic (exact) mass is 317 g/mol. The Morgan fingerprint density at radius 1 is 1.13 bits per heavy atom. The van der Waals surface area contributed by atoms with Crippen molar-refractivity contribution >= 4 is 11.6 Å². The van der Waals surface area contributed by atoms with Crippen molar-refractivity contribution in [3.63, 3.8) is 0 Å². The molecule has 2 aliphatic rings. The summed E-state index contributed by atoms with van der Waals surface area (Å²) in [4.78, 5) is 16.2. The fourth-order valence-electron chi connectivity index (χ4n) is 3.49. The molecule has 3 rings (SSSR count). The lowest BCUT2D eigenvalue weighted by atomic mass is 10.1. The summed E-state index contributed by atoms with van der Waals surface area (Å²) >= 11 is 0. The fourth-order valence-corrected chi connectivity index (χ4v) is 3.49. The van der Waals surface area contributed by atoms with E-state index in [2.05, 4.69) is 27.2 Å². The third-order valence-electron chi connectivity index (χ3n) is 4.79. The second kappa shape index (κ2) is 7.90. The van der Waals surface area contributed by atoms with Gasteiger partial charge in [0.25, 0.3) is 0 Å². The molecule has 1 aromatic carbocycles. The van der Waals surface area contributed by atoms with E-state index in [9.17, 15) is 4.79 Å². The van der Waals surface area contributed by atoms with Gasteiger partial charge in [0, 0.05) is 64.6 Å². The quantitative estimate of drug-likeness (QED) is 0.922. The van der Waals surface area contributed by atoms with Crippen LogP contribution in [0.2, 0.25) is 0 Å². The van der Waals surface area contributed by atoms with Crippen molar-refractivity contribution in [3.05, 3.63) is 29.8 Å². The number of carbonyl (C=O) groups is 1.